The summed E-state index contributed by atoms with van der Waals surface area (Å²) in [6.45, 7) is 0. The molecule has 2 aromatic carbocycles. The summed E-state index contributed by atoms with van der Waals surface area (Å²) in [5.41, 5.74) is 3.38. The van der Waals surface area contributed by atoms with Crippen LogP contribution in [0.5, 0.6) is 0 Å². The predicted molar refractivity (Wildman–Crippen MR) is 114 cm³/mol. The van der Waals surface area contributed by atoms with Gasteiger partial charge in [0.15, 0.2) is 0 Å². The highest BCUT2D eigenvalue weighted by Gasteiger charge is 2.00. The molecule has 0 aliphatic carbocycles. The number of fused-ring (bicyclic) bond motifs is 1. The Kier molecular flexibility index (Phi) is 6.28. The highest BCUT2D eigenvalue weighted by molar-refractivity contribution is 8.02. The second-order valence-electron chi connectivity index (χ2n) is 5.95. The SMILES string of the molecule is CN(C)c1ccc(C=NN2C=CSC2)cc1.c1ccc2ncccc2c1. The van der Waals surface area contributed by atoms with Gasteiger partial charge in [-0.25, -0.2) is 0 Å². The van der Waals surface area contributed by atoms with Gasteiger partial charge in [0.2, 0.25) is 0 Å². The van der Waals surface area contributed by atoms with Crippen LogP contribution in [0.2, 0.25) is 0 Å². The highest BCUT2D eigenvalue weighted by Crippen LogP contribution is 2.15. The van der Waals surface area contributed by atoms with Gasteiger partial charge in [0.1, 0.15) is 0 Å². The molecule has 26 heavy (non-hydrogen) atoms. The topological polar surface area (TPSA) is 31.7 Å². The van der Waals surface area contributed by atoms with Crippen molar-refractivity contribution in [3.8, 4) is 0 Å². The van der Waals surface area contributed by atoms with Crippen LogP contribution in [-0.2, 0) is 0 Å². The monoisotopic (exact) mass is 362 g/mol. The largest absolute Gasteiger partial charge is 0.378 e. The smallest absolute Gasteiger partial charge is 0.0904 e. The minimum atomic E-state index is 0.909. The molecule has 2 heterocycles. The maximum Gasteiger partial charge on any atom is 0.0904 e. The fraction of sp³-hybridized carbons (Fsp3) is 0.143. The minimum absolute atomic E-state index is 0.909. The maximum absolute atomic E-state index is 4.36. The molecule has 0 saturated carbocycles. The first kappa shape index (κ1) is 18.0. The maximum atomic E-state index is 4.36. The summed E-state index contributed by atoms with van der Waals surface area (Å²) in [6, 6.07) is 20.4. The van der Waals surface area contributed by atoms with Crippen LogP contribution in [0.15, 0.2) is 83.6 Å². The van der Waals surface area contributed by atoms with Gasteiger partial charge in [-0.3, -0.25) is 9.99 Å². The van der Waals surface area contributed by atoms with Crippen LogP contribution in [0.1, 0.15) is 5.56 Å². The number of pyridine rings is 1. The van der Waals surface area contributed by atoms with Gasteiger partial charge in [-0.2, -0.15) is 5.10 Å². The average Bonchev–Trinajstić information content (AvgIpc) is 3.21. The number of thioether (sulfide) groups is 1. The number of benzene rings is 2. The first-order valence-electron chi connectivity index (χ1n) is 8.38. The lowest BCUT2D eigenvalue weighted by Gasteiger charge is -2.12. The van der Waals surface area contributed by atoms with Crippen LogP contribution in [0.4, 0.5) is 5.69 Å². The standard InChI is InChI=1S/C12H15N3S.C9H7N/c1-14(2)12-5-3-11(4-6-12)9-13-15-7-8-16-10-15;1-2-6-9-8(4-1)5-3-7-10-9/h3-9H,10H2,1-2H3;1-7H. The molecule has 0 spiro atoms. The summed E-state index contributed by atoms with van der Waals surface area (Å²) >= 11 is 1.75. The Balaban J connectivity index is 0.000000167. The van der Waals surface area contributed by atoms with Crippen molar-refractivity contribution >= 4 is 34.6 Å². The first-order chi connectivity index (χ1) is 12.7. The van der Waals surface area contributed by atoms with Crippen molar-refractivity contribution < 1.29 is 0 Å². The van der Waals surface area contributed by atoms with E-state index in [1.54, 1.807) is 11.8 Å². The van der Waals surface area contributed by atoms with Gasteiger partial charge in [0.25, 0.3) is 0 Å². The quantitative estimate of drug-likeness (QED) is 0.627. The number of hydrogen-bond acceptors (Lipinski definition) is 5. The van der Waals surface area contributed by atoms with Crippen molar-refractivity contribution in [1.29, 1.82) is 0 Å². The lowest BCUT2D eigenvalue weighted by atomic mass is 10.2. The van der Waals surface area contributed by atoms with E-state index in [1.165, 1.54) is 11.1 Å². The Morgan fingerprint density at radius 2 is 1.81 bits per heavy atom. The molecule has 1 aliphatic heterocycles. The van der Waals surface area contributed by atoms with Crippen molar-refractivity contribution in [2.24, 2.45) is 5.10 Å². The molecule has 4 rings (SSSR count). The van der Waals surface area contributed by atoms with E-state index in [1.807, 2.05) is 67.4 Å². The summed E-state index contributed by atoms with van der Waals surface area (Å²) in [6.07, 6.45) is 5.67. The van der Waals surface area contributed by atoms with E-state index in [-0.39, 0.29) is 0 Å². The number of aromatic nitrogens is 1. The van der Waals surface area contributed by atoms with Crippen LogP contribution in [0.3, 0.4) is 0 Å². The molecule has 0 amide bonds. The fourth-order valence-corrected chi connectivity index (χ4v) is 2.98. The molecule has 1 aromatic heterocycles. The van der Waals surface area contributed by atoms with Gasteiger partial charge in [-0.05, 0) is 35.2 Å². The van der Waals surface area contributed by atoms with Gasteiger partial charge in [0, 0.05) is 37.6 Å². The van der Waals surface area contributed by atoms with Crippen LogP contribution < -0.4 is 4.90 Å². The molecule has 4 nitrogen and oxygen atoms in total. The molecule has 0 radical (unpaired) electrons. The Hall–Kier alpha value is -2.79. The zero-order chi connectivity index (χ0) is 18.2. The Morgan fingerprint density at radius 3 is 2.50 bits per heavy atom. The van der Waals surface area contributed by atoms with E-state index in [4.69, 9.17) is 0 Å². The van der Waals surface area contributed by atoms with E-state index >= 15 is 0 Å². The van der Waals surface area contributed by atoms with E-state index in [0.717, 1.165) is 17.0 Å². The highest BCUT2D eigenvalue weighted by atomic mass is 32.2. The number of nitrogens with zero attached hydrogens (tertiary/aromatic N) is 4. The molecule has 0 saturated heterocycles. The van der Waals surface area contributed by atoms with Crippen LogP contribution >= 0.6 is 11.8 Å². The predicted octanol–water partition coefficient (Wildman–Crippen LogP) is 4.80. The molecule has 5 heteroatoms. The average molecular weight is 363 g/mol. The van der Waals surface area contributed by atoms with Crippen LogP contribution in [0, 0.1) is 0 Å². The normalized spacial score (nSPS) is 13.1. The molecular weight excluding hydrogens is 340 g/mol. The van der Waals surface area contributed by atoms with Gasteiger partial charge in [0.05, 0.1) is 17.6 Å². The molecule has 1 aliphatic rings. The zero-order valence-corrected chi connectivity index (χ0v) is 15.8. The van der Waals surface area contributed by atoms with Crippen molar-refractivity contribution in [2.45, 2.75) is 0 Å². The molecule has 3 aromatic rings. The van der Waals surface area contributed by atoms with E-state index in [0.29, 0.717) is 0 Å². The number of para-hydroxylation sites is 1. The number of rotatable bonds is 3. The summed E-state index contributed by atoms with van der Waals surface area (Å²) in [5.74, 6) is 0.909. The number of anilines is 1. The van der Waals surface area contributed by atoms with E-state index in [2.05, 4.69) is 51.4 Å². The lowest BCUT2D eigenvalue weighted by molar-refractivity contribution is 0.482. The summed E-state index contributed by atoms with van der Waals surface area (Å²) in [4.78, 5) is 6.27. The molecule has 0 unspecified atom stereocenters. The van der Waals surface area contributed by atoms with E-state index < -0.39 is 0 Å². The summed E-state index contributed by atoms with van der Waals surface area (Å²) < 4.78 is 0. The Bertz CT molecular complexity index is 822. The molecule has 0 bridgehead atoms. The fourth-order valence-electron chi connectivity index (χ4n) is 2.36. The van der Waals surface area contributed by atoms with Crippen LogP contribution in [-0.4, -0.2) is 36.2 Å². The van der Waals surface area contributed by atoms with Crippen molar-refractivity contribution in [3.05, 3.63) is 84.0 Å². The molecular formula is C21H22N4S. The van der Waals surface area contributed by atoms with Gasteiger partial charge < -0.3 is 4.90 Å². The molecule has 0 N–H and O–H groups in total. The lowest BCUT2D eigenvalue weighted by Crippen LogP contribution is -2.08. The zero-order valence-electron chi connectivity index (χ0n) is 15.0. The van der Waals surface area contributed by atoms with Crippen molar-refractivity contribution in [3.63, 3.8) is 0 Å². The summed E-state index contributed by atoms with van der Waals surface area (Å²) in [7, 11) is 4.07. The number of hydrazone groups is 1. The second kappa shape index (κ2) is 9.06. The van der Waals surface area contributed by atoms with Crippen molar-refractivity contribution in [1.82, 2.24) is 9.99 Å². The van der Waals surface area contributed by atoms with E-state index in [9.17, 15) is 0 Å². The Labute approximate surface area is 158 Å². The number of hydrogen-bond donors (Lipinski definition) is 0. The Morgan fingerprint density at radius 1 is 1.04 bits per heavy atom. The van der Waals surface area contributed by atoms with Gasteiger partial charge in [-0.15, -0.1) is 11.8 Å². The molecule has 132 valence electrons. The second-order valence-corrected chi connectivity index (χ2v) is 6.81. The van der Waals surface area contributed by atoms with Crippen LogP contribution in [0.25, 0.3) is 10.9 Å². The minimum Gasteiger partial charge on any atom is -0.378 e. The third kappa shape index (κ3) is 5.10. The van der Waals surface area contributed by atoms with Gasteiger partial charge >= 0.3 is 0 Å². The first-order valence-corrected chi connectivity index (χ1v) is 9.43. The summed E-state index contributed by atoms with van der Waals surface area (Å²) in [5, 5.41) is 9.52. The van der Waals surface area contributed by atoms with Gasteiger partial charge in [-0.1, -0.05) is 36.4 Å². The third-order valence-electron chi connectivity index (χ3n) is 3.81. The third-order valence-corrected chi connectivity index (χ3v) is 4.54. The molecule has 0 fully saturated rings. The molecule has 0 atom stereocenters. The van der Waals surface area contributed by atoms with Crippen molar-refractivity contribution in [2.75, 3.05) is 24.9 Å².